The van der Waals surface area contributed by atoms with Crippen molar-refractivity contribution in [3.8, 4) is 11.3 Å². The molecule has 2 rings (SSSR count). The summed E-state index contributed by atoms with van der Waals surface area (Å²) in [5, 5.41) is 6.61. The third-order valence-corrected chi connectivity index (χ3v) is 4.13. The molecule has 1 aromatic heterocycles. The molecule has 126 valence electrons. The Morgan fingerprint density at radius 3 is 2.88 bits per heavy atom. The van der Waals surface area contributed by atoms with Crippen LogP contribution in [0.5, 0.6) is 0 Å². The van der Waals surface area contributed by atoms with Gasteiger partial charge in [-0.15, -0.1) is 11.3 Å². The van der Waals surface area contributed by atoms with Crippen molar-refractivity contribution >= 4 is 38.5 Å². The summed E-state index contributed by atoms with van der Waals surface area (Å²) in [6, 6.07) is 7.60. The lowest BCUT2D eigenvalue weighted by Crippen LogP contribution is -2.27. The second kappa shape index (κ2) is 7.65. The van der Waals surface area contributed by atoms with E-state index in [4.69, 9.17) is 10.3 Å². The van der Waals surface area contributed by atoms with E-state index in [0.29, 0.717) is 10.8 Å². The number of ether oxygens (including phenoxy) is 1. The van der Waals surface area contributed by atoms with E-state index in [1.807, 2.05) is 24.3 Å². The second-order valence-corrected chi connectivity index (χ2v) is 7.82. The number of benzene rings is 1. The molecule has 0 radical (unpaired) electrons. The summed E-state index contributed by atoms with van der Waals surface area (Å²) in [7, 11) is 0. The number of carbonyl (C=O) groups excluding carboxylic acids is 1. The normalized spacial score (nSPS) is 10.8. The average Bonchev–Trinajstić information content (AvgIpc) is 2.85. The molecule has 2 aromatic rings. The summed E-state index contributed by atoms with van der Waals surface area (Å²) in [5.41, 5.74) is 9.49. The first-order chi connectivity index (χ1) is 11.3. The van der Waals surface area contributed by atoms with Gasteiger partial charge in [0.1, 0.15) is 5.60 Å². The molecule has 1 heterocycles. The quantitative estimate of drug-likeness (QED) is 0.396. The van der Waals surface area contributed by atoms with Crippen molar-refractivity contribution in [2.45, 2.75) is 32.9 Å². The molecule has 0 aliphatic heterocycles. The van der Waals surface area contributed by atoms with E-state index < -0.39 is 11.7 Å². The molecule has 7 nitrogen and oxygen atoms in total. The van der Waals surface area contributed by atoms with Crippen molar-refractivity contribution in [2.75, 3.05) is 5.32 Å². The summed E-state index contributed by atoms with van der Waals surface area (Å²) >= 11 is 4.67. The highest BCUT2D eigenvalue weighted by Gasteiger charge is 2.19. The predicted octanol–water partition coefficient (Wildman–Crippen LogP) is 5.73. The zero-order chi connectivity index (χ0) is 17.7. The van der Waals surface area contributed by atoms with Crippen LogP contribution in [-0.4, -0.2) is 16.7 Å². The highest BCUT2D eigenvalue weighted by Crippen LogP contribution is 2.33. The van der Waals surface area contributed by atoms with E-state index in [2.05, 4.69) is 36.3 Å². The van der Waals surface area contributed by atoms with Crippen LogP contribution in [0, 0.1) is 0 Å². The summed E-state index contributed by atoms with van der Waals surface area (Å²) < 4.78 is 6.13. The Morgan fingerprint density at radius 2 is 2.25 bits per heavy atom. The maximum Gasteiger partial charge on any atom is 0.413 e. The van der Waals surface area contributed by atoms with Crippen LogP contribution in [0.1, 0.15) is 25.6 Å². The van der Waals surface area contributed by atoms with Gasteiger partial charge in [-0.05, 0) is 38.4 Å². The summed E-state index contributed by atoms with van der Waals surface area (Å²) in [6.07, 6.45) is -0.577. The molecule has 9 heteroatoms. The Hall–Kier alpha value is -2.09. The highest BCUT2D eigenvalue weighted by atomic mass is 79.9. The van der Waals surface area contributed by atoms with Gasteiger partial charge in [0.25, 0.3) is 0 Å². The number of amides is 1. The molecule has 0 spiro atoms. The smallest absolute Gasteiger partial charge is 0.413 e. The minimum atomic E-state index is -0.595. The molecule has 0 aliphatic rings. The molecular formula is C15H16BrN5O2S. The van der Waals surface area contributed by atoms with Gasteiger partial charge in [-0.3, -0.25) is 5.32 Å². The van der Waals surface area contributed by atoms with E-state index >= 15 is 0 Å². The van der Waals surface area contributed by atoms with Crippen LogP contribution in [0.15, 0.2) is 33.9 Å². The van der Waals surface area contributed by atoms with Gasteiger partial charge in [0.05, 0.1) is 12.2 Å². The van der Waals surface area contributed by atoms with Crippen LogP contribution < -0.4 is 5.32 Å². The topological polar surface area (TPSA) is 100.0 Å². The van der Waals surface area contributed by atoms with Crippen molar-refractivity contribution in [3.05, 3.63) is 44.1 Å². The lowest BCUT2D eigenvalue weighted by molar-refractivity contribution is 0.0636. The number of nitrogens with one attached hydrogen (secondary N) is 1. The fourth-order valence-electron chi connectivity index (χ4n) is 1.86. The molecule has 1 N–H and O–H groups in total. The Balaban J connectivity index is 2.31. The number of nitrogens with zero attached hydrogens (tertiary/aromatic N) is 4. The first-order valence-corrected chi connectivity index (χ1v) is 8.66. The number of thiazole rings is 1. The lowest BCUT2D eigenvalue weighted by atomic mass is 10.1. The standard InChI is InChI=1S/C15H16BrN5O2S/c1-15(2,3)23-14(22)20-13-19-12(11(24-13)8-18-21-17)9-5-4-6-10(16)7-9/h4-7H,8H2,1-3H3,(H,19,20,22). The molecule has 0 saturated carbocycles. The molecule has 0 unspecified atom stereocenters. The number of anilines is 1. The van der Waals surface area contributed by atoms with Crippen LogP contribution in [0.3, 0.4) is 0 Å². The largest absolute Gasteiger partial charge is 0.444 e. The summed E-state index contributed by atoms with van der Waals surface area (Å²) in [5.74, 6) is 0. The molecule has 0 bridgehead atoms. The lowest BCUT2D eigenvalue weighted by Gasteiger charge is -2.18. The van der Waals surface area contributed by atoms with Crippen LogP contribution in [-0.2, 0) is 11.3 Å². The van der Waals surface area contributed by atoms with Crippen LogP contribution in [0.2, 0.25) is 0 Å². The zero-order valence-corrected chi connectivity index (χ0v) is 15.8. The van der Waals surface area contributed by atoms with Gasteiger partial charge in [0.15, 0.2) is 5.13 Å². The van der Waals surface area contributed by atoms with Gasteiger partial charge < -0.3 is 4.74 Å². The number of hydrogen-bond acceptors (Lipinski definition) is 5. The van der Waals surface area contributed by atoms with E-state index in [1.54, 1.807) is 20.8 Å². The minimum absolute atomic E-state index is 0.159. The van der Waals surface area contributed by atoms with Crippen molar-refractivity contribution in [3.63, 3.8) is 0 Å². The Morgan fingerprint density at radius 1 is 1.50 bits per heavy atom. The predicted molar refractivity (Wildman–Crippen MR) is 98.0 cm³/mol. The summed E-state index contributed by atoms with van der Waals surface area (Å²) in [4.78, 5) is 19.9. The molecule has 24 heavy (non-hydrogen) atoms. The number of carbonyl (C=O) groups is 1. The molecule has 1 amide bonds. The van der Waals surface area contributed by atoms with Crippen molar-refractivity contribution in [2.24, 2.45) is 5.11 Å². The van der Waals surface area contributed by atoms with Crippen molar-refractivity contribution in [1.29, 1.82) is 0 Å². The average molecular weight is 410 g/mol. The number of aromatic nitrogens is 1. The molecule has 0 saturated heterocycles. The van der Waals surface area contributed by atoms with Gasteiger partial charge in [-0.25, -0.2) is 9.78 Å². The molecule has 0 atom stereocenters. The van der Waals surface area contributed by atoms with Gasteiger partial charge in [0.2, 0.25) is 0 Å². The molecule has 1 aromatic carbocycles. The fourth-order valence-corrected chi connectivity index (χ4v) is 3.15. The van der Waals surface area contributed by atoms with Crippen LogP contribution in [0.4, 0.5) is 9.93 Å². The maximum atomic E-state index is 11.9. The zero-order valence-electron chi connectivity index (χ0n) is 13.4. The fraction of sp³-hybridized carbons (Fsp3) is 0.333. The Labute approximate surface area is 151 Å². The van der Waals surface area contributed by atoms with Crippen LogP contribution >= 0.6 is 27.3 Å². The molecule has 0 aliphatic carbocycles. The number of hydrogen-bond donors (Lipinski definition) is 1. The molecular weight excluding hydrogens is 394 g/mol. The van der Waals surface area contributed by atoms with E-state index in [9.17, 15) is 4.79 Å². The minimum Gasteiger partial charge on any atom is -0.444 e. The van der Waals surface area contributed by atoms with Crippen LogP contribution in [0.25, 0.3) is 21.7 Å². The van der Waals surface area contributed by atoms with Gasteiger partial charge in [-0.1, -0.05) is 33.2 Å². The monoisotopic (exact) mass is 409 g/mol. The van der Waals surface area contributed by atoms with Gasteiger partial charge in [0, 0.05) is 19.8 Å². The van der Waals surface area contributed by atoms with Crippen molar-refractivity contribution < 1.29 is 9.53 Å². The highest BCUT2D eigenvalue weighted by molar-refractivity contribution is 9.10. The third kappa shape index (κ3) is 5.23. The van der Waals surface area contributed by atoms with E-state index in [1.165, 1.54) is 11.3 Å². The SMILES string of the molecule is CC(C)(C)OC(=O)Nc1nc(-c2cccc(Br)c2)c(CN=[N+]=[N-])s1. The Bertz CT molecular complexity index is 793. The number of halogens is 1. The van der Waals surface area contributed by atoms with E-state index in [0.717, 1.165) is 14.9 Å². The first-order valence-electron chi connectivity index (χ1n) is 7.05. The first kappa shape index (κ1) is 18.3. The Kier molecular flexibility index (Phi) is 5.82. The second-order valence-electron chi connectivity index (χ2n) is 5.82. The molecule has 0 fully saturated rings. The number of rotatable bonds is 4. The third-order valence-electron chi connectivity index (χ3n) is 2.68. The maximum absolute atomic E-state index is 11.9. The number of azide groups is 1. The summed E-state index contributed by atoms with van der Waals surface area (Å²) in [6.45, 7) is 5.52. The van der Waals surface area contributed by atoms with E-state index in [-0.39, 0.29) is 6.54 Å². The van der Waals surface area contributed by atoms with Crippen molar-refractivity contribution in [1.82, 2.24) is 4.98 Å². The van der Waals surface area contributed by atoms with Gasteiger partial charge >= 0.3 is 6.09 Å². The van der Waals surface area contributed by atoms with Gasteiger partial charge in [-0.2, -0.15) is 0 Å².